The maximum Gasteiger partial charge on any atom is 0.344 e. The first-order valence-corrected chi connectivity index (χ1v) is 11.8. The van der Waals surface area contributed by atoms with Crippen molar-refractivity contribution < 1.29 is 23.8 Å². The van der Waals surface area contributed by atoms with Gasteiger partial charge in [0.2, 0.25) is 0 Å². The molecule has 7 nitrogen and oxygen atoms in total. The summed E-state index contributed by atoms with van der Waals surface area (Å²) in [5, 5.41) is 6.24. The number of carbonyl (C=O) groups excluding carboxylic acids is 2. The van der Waals surface area contributed by atoms with E-state index in [0.29, 0.717) is 20.9 Å². The summed E-state index contributed by atoms with van der Waals surface area (Å²) in [5.41, 5.74) is 2.67. The van der Waals surface area contributed by atoms with E-state index in [1.807, 2.05) is 12.1 Å². The van der Waals surface area contributed by atoms with Gasteiger partial charge in [-0.1, -0.05) is 46.7 Å². The molecule has 32 heavy (non-hydrogen) atoms. The zero-order valence-corrected chi connectivity index (χ0v) is 20.5. The molecule has 2 N–H and O–H groups in total. The van der Waals surface area contributed by atoms with E-state index in [9.17, 15) is 9.59 Å². The van der Waals surface area contributed by atoms with Crippen LogP contribution >= 0.6 is 27.7 Å². The third kappa shape index (κ3) is 6.20. The number of hydrogen-bond donors (Lipinski definition) is 2. The van der Waals surface area contributed by atoms with Crippen molar-refractivity contribution >= 4 is 51.3 Å². The molecule has 0 saturated carbocycles. The Hall–Kier alpha value is -2.65. The van der Waals surface area contributed by atoms with Crippen LogP contribution in [0.3, 0.4) is 0 Å². The van der Waals surface area contributed by atoms with Gasteiger partial charge in [0.25, 0.3) is 5.91 Å². The lowest BCUT2D eigenvalue weighted by Crippen LogP contribution is -2.30. The van der Waals surface area contributed by atoms with Crippen LogP contribution in [0.25, 0.3) is 6.08 Å². The number of nitrogens with one attached hydrogen (secondary N) is 2. The number of rotatable bonds is 9. The van der Waals surface area contributed by atoms with Gasteiger partial charge in [-0.25, -0.2) is 4.79 Å². The van der Waals surface area contributed by atoms with Crippen molar-refractivity contribution in [2.24, 2.45) is 0 Å². The van der Waals surface area contributed by atoms with E-state index in [2.05, 4.69) is 45.6 Å². The van der Waals surface area contributed by atoms with Gasteiger partial charge in [-0.3, -0.25) is 4.79 Å². The fourth-order valence-electron chi connectivity index (χ4n) is 2.97. The Labute approximate surface area is 200 Å². The normalized spacial score (nSPS) is 16.6. The number of esters is 1. The standard InChI is InChI=1S/C23H25BrN2O5S/c1-4-14-6-8-16(9-7-14)25-23-26-22(28)20(32-23)11-15-10-18(29-3)19(12-17(15)24)31-13-21(27)30-5-2/h6-12,23,25H,4-5,13H2,1-3H3,(H,26,28)/b20-11-/t23-/m1/s1. The molecule has 0 aromatic heterocycles. The Kier molecular flexibility index (Phi) is 8.46. The average Bonchev–Trinajstić information content (AvgIpc) is 3.13. The van der Waals surface area contributed by atoms with Crippen LogP contribution in [-0.4, -0.2) is 37.7 Å². The number of anilines is 1. The van der Waals surface area contributed by atoms with E-state index in [1.54, 1.807) is 25.1 Å². The van der Waals surface area contributed by atoms with Crippen LogP contribution in [0.1, 0.15) is 25.0 Å². The van der Waals surface area contributed by atoms with Crippen LogP contribution in [0.5, 0.6) is 11.5 Å². The Morgan fingerprint density at radius 1 is 1.22 bits per heavy atom. The largest absolute Gasteiger partial charge is 0.493 e. The Morgan fingerprint density at radius 3 is 2.62 bits per heavy atom. The Morgan fingerprint density at radius 2 is 1.97 bits per heavy atom. The second-order valence-corrected chi connectivity index (χ2v) is 8.79. The second kappa shape index (κ2) is 11.3. The minimum Gasteiger partial charge on any atom is -0.493 e. The molecule has 1 aliphatic heterocycles. The molecule has 0 bridgehead atoms. The quantitative estimate of drug-likeness (QED) is 0.370. The number of carbonyl (C=O) groups is 2. The molecule has 2 aromatic carbocycles. The zero-order chi connectivity index (χ0) is 23.1. The van der Waals surface area contributed by atoms with Gasteiger partial charge in [-0.2, -0.15) is 0 Å². The van der Waals surface area contributed by atoms with Crippen LogP contribution in [0.15, 0.2) is 45.8 Å². The summed E-state index contributed by atoms with van der Waals surface area (Å²) in [5.74, 6) is 0.219. The first-order chi connectivity index (χ1) is 15.4. The van der Waals surface area contributed by atoms with Gasteiger partial charge in [-0.15, -0.1) is 0 Å². The van der Waals surface area contributed by atoms with Crippen molar-refractivity contribution in [1.82, 2.24) is 5.32 Å². The maximum absolute atomic E-state index is 12.5. The fraction of sp³-hybridized carbons (Fsp3) is 0.304. The number of aryl methyl sites for hydroxylation is 1. The zero-order valence-electron chi connectivity index (χ0n) is 18.1. The number of hydrogen-bond acceptors (Lipinski definition) is 7. The molecule has 9 heteroatoms. The summed E-state index contributed by atoms with van der Waals surface area (Å²) in [7, 11) is 1.51. The maximum atomic E-state index is 12.5. The van der Waals surface area contributed by atoms with Gasteiger partial charge in [0.1, 0.15) is 0 Å². The van der Waals surface area contributed by atoms with E-state index >= 15 is 0 Å². The molecular weight excluding hydrogens is 496 g/mol. The summed E-state index contributed by atoms with van der Waals surface area (Å²) in [6, 6.07) is 11.6. The molecule has 1 aliphatic rings. The van der Waals surface area contributed by atoms with Crippen LogP contribution in [0.4, 0.5) is 5.69 Å². The smallest absolute Gasteiger partial charge is 0.344 e. The monoisotopic (exact) mass is 520 g/mol. The summed E-state index contributed by atoms with van der Waals surface area (Å²) < 4.78 is 16.5. The summed E-state index contributed by atoms with van der Waals surface area (Å²) in [6.45, 7) is 3.91. The Balaban J connectivity index is 1.72. The number of halogens is 1. The van der Waals surface area contributed by atoms with Gasteiger partial charge < -0.3 is 24.8 Å². The SMILES string of the molecule is CCOC(=O)COc1cc(Br)c(/C=C2\S[C@H](Nc3ccc(CC)cc3)NC2=O)cc1OC. The van der Waals surface area contributed by atoms with Crippen molar-refractivity contribution in [2.75, 3.05) is 25.6 Å². The van der Waals surface area contributed by atoms with Gasteiger partial charge in [0.15, 0.2) is 23.6 Å². The predicted octanol–water partition coefficient (Wildman–Crippen LogP) is 4.56. The molecule has 1 atom stereocenters. The average molecular weight is 521 g/mol. The van der Waals surface area contributed by atoms with E-state index in [4.69, 9.17) is 14.2 Å². The van der Waals surface area contributed by atoms with Crippen LogP contribution < -0.4 is 20.1 Å². The van der Waals surface area contributed by atoms with Crippen LogP contribution in [0.2, 0.25) is 0 Å². The lowest BCUT2D eigenvalue weighted by Gasteiger charge is -2.13. The first-order valence-electron chi connectivity index (χ1n) is 10.1. The number of ether oxygens (including phenoxy) is 3. The van der Waals surface area contributed by atoms with Gasteiger partial charge >= 0.3 is 5.97 Å². The minimum absolute atomic E-state index is 0.161. The highest BCUT2D eigenvalue weighted by atomic mass is 79.9. The molecule has 0 unspecified atom stereocenters. The molecule has 2 aromatic rings. The highest BCUT2D eigenvalue weighted by Gasteiger charge is 2.27. The third-order valence-electron chi connectivity index (χ3n) is 4.61. The molecule has 1 amide bonds. The first kappa shape index (κ1) is 24.0. The molecule has 3 rings (SSSR count). The Bertz CT molecular complexity index is 1010. The van der Waals surface area contributed by atoms with Crippen molar-refractivity contribution in [2.45, 2.75) is 25.8 Å². The molecule has 0 spiro atoms. The fourth-order valence-corrected chi connectivity index (χ4v) is 4.38. The van der Waals surface area contributed by atoms with E-state index in [1.165, 1.54) is 24.4 Å². The third-order valence-corrected chi connectivity index (χ3v) is 6.33. The summed E-state index contributed by atoms with van der Waals surface area (Å²) >= 11 is 4.90. The molecule has 1 fully saturated rings. The second-order valence-electron chi connectivity index (χ2n) is 6.79. The van der Waals surface area contributed by atoms with Crippen LogP contribution in [-0.2, 0) is 20.7 Å². The predicted molar refractivity (Wildman–Crippen MR) is 130 cm³/mol. The minimum atomic E-state index is -0.459. The lowest BCUT2D eigenvalue weighted by atomic mass is 10.1. The molecule has 170 valence electrons. The van der Waals surface area contributed by atoms with E-state index in [0.717, 1.165) is 17.7 Å². The highest BCUT2D eigenvalue weighted by molar-refractivity contribution is 9.10. The molecular formula is C23H25BrN2O5S. The van der Waals surface area contributed by atoms with Gasteiger partial charge in [0, 0.05) is 10.2 Å². The summed E-state index contributed by atoms with van der Waals surface area (Å²) in [6.07, 6.45) is 2.76. The van der Waals surface area contributed by atoms with Crippen molar-refractivity contribution in [3.8, 4) is 11.5 Å². The summed E-state index contributed by atoms with van der Waals surface area (Å²) in [4.78, 5) is 24.6. The van der Waals surface area contributed by atoms with Gasteiger partial charge in [-0.05, 0) is 54.8 Å². The van der Waals surface area contributed by atoms with E-state index in [-0.39, 0.29) is 24.6 Å². The number of methoxy groups -OCH3 is 1. The molecule has 0 radical (unpaired) electrons. The molecule has 1 saturated heterocycles. The molecule has 0 aliphatic carbocycles. The number of benzene rings is 2. The van der Waals surface area contributed by atoms with E-state index < -0.39 is 5.97 Å². The highest BCUT2D eigenvalue weighted by Crippen LogP contribution is 2.37. The molecule has 1 heterocycles. The number of thioether (sulfide) groups is 1. The lowest BCUT2D eigenvalue weighted by molar-refractivity contribution is -0.145. The van der Waals surface area contributed by atoms with Crippen molar-refractivity contribution in [3.05, 3.63) is 56.9 Å². The number of amides is 1. The topological polar surface area (TPSA) is 85.9 Å². The van der Waals surface area contributed by atoms with Crippen molar-refractivity contribution in [3.63, 3.8) is 0 Å². The van der Waals surface area contributed by atoms with Crippen molar-refractivity contribution in [1.29, 1.82) is 0 Å². The van der Waals surface area contributed by atoms with Crippen LogP contribution in [0, 0.1) is 0 Å². The van der Waals surface area contributed by atoms with Gasteiger partial charge in [0.05, 0.1) is 18.6 Å².